The molecule has 5 heteroatoms. The summed E-state index contributed by atoms with van der Waals surface area (Å²) in [5.41, 5.74) is 10.3. The minimum Gasteiger partial charge on any atom is -0.404 e. The maximum absolute atomic E-state index is 9.12. The van der Waals surface area contributed by atoms with Crippen LogP contribution < -0.4 is 5.73 Å². The summed E-state index contributed by atoms with van der Waals surface area (Å²) in [7, 11) is 1.68. The number of H-pyrrole nitrogens is 1. The van der Waals surface area contributed by atoms with E-state index >= 15 is 0 Å². The monoisotopic (exact) mass is 329 g/mol. The first-order valence-electron chi connectivity index (χ1n) is 8.18. The number of aromatic amines is 1. The van der Waals surface area contributed by atoms with Gasteiger partial charge in [-0.05, 0) is 30.9 Å². The molecule has 25 heavy (non-hydrogen) atoms. The number of aliphatic imine (C=N–C) groups is 1. The van der Waals surface area contributed by atoms with Crippen molar-refractivity contribution in [3.05, 3.63) is 47.4 Å². The Hall–Kier alpha value is -3.31. The molecule has 124 valence electrons. The fourth-order valence-electron chi connectivity index (χ4n) is 3.02. The second kappa shape index (κ2) is 7.51. The largest absolute Gasteiger partial charge is 0.404 e. The van der Waals surface area contributed by atoms with Crippen LogP contribution in [0.5, 0.6) is 0 Å². The highest BCUT2D eigenvalue weighted by atomic mass is 14.8. The summed E-state index contributed by atoms with van der Waals surface area (Å²) < 4.78 is 0. The number of allylic oxidation sites excluding steroid dienone is 3. The van der Waals surface area contributed by atoms with Gasteiger partial charge in [0.15, 0.2) is 0 Å². The topological polar surface area (TPSA) is 90.8 Å². The van der Waals surface area contributed by atoms with Crippen LogP contribution in [-0.4, -0.2) is 23.2 Å². The van der Waals surface area contributed by atoms with E-state index in [-0.39, 0.29) is 5.92 Å². The van der Waals surface area contributed by atoms with E-state index in [1.165, 1.54) is 11.8 Å². The molecule has 1 aliphatic rings. The molecule has 0 saturated carbocycles. The molecule has 5 nitrogen and oxygen atoms in total. The first-order chi connectivity index (χ1) is 12.3. The van der Waals surface area contributed by atoms with Crippen molar-refractivity contribution in [3.63, 3.8) is 0 Å². The lowest BCUT2D eigenvalue weighted by Crippen LogP contribution is -2.04. The molecule has 0 radical (unpaired) electrons. The first-order valence-corrected chi connectivity index (χ1v) is 8.18. The highest BCUT2D eigenvalue weighted by Crippen LogP contribution is 2.35. The van der Waals surface area contributed by atoms with Crippen LogP contribution in [0.4, 0.5) is 0 Å². The zero-order valence-electron chi connectivity index (χ0n) is 14.1. The SMILES string of the molecule is CN=CC(C#Cc1cnc2[nH]ccc2c1C1=CCC(C#N)CC1)=CN. The summed E-state index contributed by atoms with van der Waals surface area (Å²) in [5, 5.41) is 10.2. The van der Waals surface area contributed by atoms with Gasteiger partial charge in [0.25, 0.3) is 0 Å². The summed E-state index contributed by atoms with van der Waals surface area (Å²) in [6.07, 6.45) is 11.4. The number of hydrogen-bond acceptors (Lipinski definition) is 4. The summed E-state index contributed by atoms with van der Waals surface area (Å²) in [4.78, 5) is 11.6. The molecular formula is C20H19N5. The van der Waals surface area contributed by atoms with Crippen molar-refractivity contribution in [1.29, 1.82) is 5.26 Å². The number of rotatable bonds is 2. The molecule has 0 saturated heterocycles. The normalized spacial score (nSPS) is 17.8. The highest BCUT2D eigenvalue weighted by molar-refractivity contribution is 5.93. The third-order valence-electron chi connectivity index (χ3n) is 4.29. The molecule has 1 aliphatic carbocycles. The number of fused-ring (bicyclic) bond motifs is 1. The third-order valence-corrected chi connectivity index (χ3v) is 4.29. The molecule has 1 unspecified atom stereocenters. The number of aromatic nitrogens is 2. The maximum Gasteiger partial charge on any atom is 0.137 e. The summed E-state index contributed by atoms with van der Waals surface area (Å²) in [5.74, 6) is 6.34. The Bertz CT molecular complexity index is 973. The van der Waals surface area contributed by atoms with Crippen LogP contribution in [0, 0.1) is 29.1 Å². The van der Waals surface area contributed by atoms with Gasteiger partial charge in [0.05, 0.1) is 23.1 Å². The standard InChI is InChI=1S/C20H19N5/c1-23-12-15(11-22)4-7-17-13-25-20-18(8-9-24-20)19(17)16-5-2-14(10-21)3-6-16/h5,8-9,11-14H,2-3,6,22H2,1H3,(H,24,25). The van der Waals surface area contributed by atoms with Crippen molar-refractivity contribution >= 4 is 22.8 Å². The second-order valence-corrected chi connectivity index (χ2v) is 5.88. The highest BCUT2D eigenvalue weighted by Gasteiger charge is 2.19. The Morgan fingerprint density at radius 1 is 1.52 bits per heavy atom. The maximum atomic E-state index is 9.12. The molecule has 2 aromatic rings. The van der Waals surface area contributed by atoms with E-state index < -0.39 is 0 Å². The van der Waals surface area contributed by atoms with Gasteiger partial charge in [-0.15, -0.1) is 0 Å². The Kier molecular flexibility index (Phi) is 4.97. The van der Waals surface area contributed by atoms with Gasteiger partial charge < -0.3 is 10.7 Å². The number of nitrogens with zero attached hydrogens (tertiary/aromatic N) is 3. The van der Waals surface area contributed by atoms with Crippen LogP contribution in [0.25, 0.3) is 16.6 Å². The van der Waals surface area contributed by atoms with E-state index in [2.05, 4.69) is 38.9 Å². The number of hydrogen-bond donors (Lipinski definition) is 2. The Morgan fingerprint density at radius 3 is 3.08 bits per heavy atom. The van der Waals surface area contributed by atoms with Crippen LogP contribution in [0.3, 0.4) is 0 Å². The fraction of sp³-hybridized carbons (Fsp3) is 0.250. The summed E-state index contributed by atoms with van der Waals surface area (Å²) >= 11 is 0. The van der Waals surface area contributed by atoms with E-state index in [1.807, 2.05) is 12.3 Å². The Balaban J connectivity index is 2.10. The van der Waals surface area contributed by atoms with Crippen LogP contribution in [-0.2, 0) is 0 Å². The molecule has 2 aromatic heterocycles. The van der Waals surface area contributed by atoms with Gasteiger partial charge in [0.2, 0.25) is 0 Å². The van der Waals surface area contributed by atoms with Gasteiger partial charge in [-0.1, -0.05) is 17.9 Å². The molecule has 2 heterocycles. The van der Waals surface area contributed by atoms with Crippen molar-refractivity contribution in [3.8, 4) is 17.9 Å². The molecule has 0 bridgehead atoms. The lowest BCUT2D eigenvalue weighted by Gasteiger charge is -2.18. The number of nitrogens with one attached hydrogen (secondary N) is 1. The smallest absolute Gasteiger partial charge is 0.137 e. The molecule has 0 aromatic carbocycles. The van der Waals surface area contributed by atoms with E-state index in [0.29, 0.717) is 5.57 Å². The van der Waals surface area contributed by atoms with E-state index in [4.69, 9.17) is 11.0 Å². The van der Waals surface area contributed by atoms with Crippen molar-refractivity contribution < 1.29 is 0 Å². The predicted octanol–water partition coefficient (Wildman–Crippen LogP) is 3.16. The first kappa shape index (κ1) is 16.5. The average molecular weight is 329 g/mol. The minimum atomic E-state index is 0.106. The second-order valence-electron chi connectivity index (χ2n) is 5.88. The quantitative estimate of drug-likeness (QED) is 0.655. The van der Waals surface area contributed by atoms with Crippen molar-refractivity contribution in [2.24, 2.45) is 16.6 Å². The molecule has 3 N–H and O–H groups in total. The minimum absolute atomic E-state index is 0.106. The zero-order valence-corrected chi connectivity index (χ0v) is 14.1. The van der Waals surface area contributed by atoms with Gasteiger partial charge in [-0.3, -0.25) is 4.99 Å². The molecule has 0 spiro atoms. The lowest BCUT2D eigenvalue weighted by molar-refractivity contribution is 0.604. The number of nitriles is 1. The lowest BCUT2D eigenvalue weighted by atomic mass is 9.85. The van der Waals surface area contributed by atoms with Crippen molar-refractivity contribution in [2.45, 2.75) is 19.3 Å². The Labute approximate surface area is 147 Å². The molecule has 0 fully saturated rings. The van der Waals surface area contributed by atoms with E-state index in [1.54, 1.807) is 19.5 Å². The van der Waals surface area contributed by atoms with Gasteiger partial charge in [-0.25, -0.2) is 4.98 Å². The van der Waals surface area contributed by atoms with Crippen LogP contribution in [0.15, 0.2) is 41.3 Å². The van der Waals surface area contributed by atoms with Gasteiger partial charge in [0.1, 0.15) is 5.65 Å². The van der Waals surface area contributed by atoms with Crippen LogP contribution >= 0.6 is 0 Å². The van der Waals surface area contributed by atoms with Gasteiger partial charge in [0, 0.05) is 42.8 Å². The number of pyridine rings is 1. The van der Waals surface area contributed by atoms with Crippen LogP contribution in [0.2, 0.25) is 0 Å². The number of nitrogens with two attached hydrogens (primary N) is 1. The van der Waals surface area contributed by atoms with Gasteiger partial charge >= 0.3 is 0 Å². The molecule has 3 rings (SSSR count). The van der Waals surface area contributed by atoms with Gasteiger partial charge in [-0.2, -0.15) is 5.26 Å². The van der Waals surface area contributed by atoms with Crippen LogP contribution in [0.1, 0.15) is 30.4 Å². The van der Waals surface area contributed by atoms with E-state index in [9.17, 15) is 0 Å². The molecular weight excluding hydrogens is 310 g/mol. The summed E-state index contributed by atoms with van der Waals surface area (Å²) in [6, 6.07) is 4.38. The average Bonchev–Trinajstić information content (AvgIpc) is 3.13. The fourth-order valence-corrected chi connectivity index (χ4v) is 3.02. The molecule has 0 aliphatic heterocycles. The zero-order chi connectivity index (χ0) is 17.6. The molecule has 0 amide bonds. The van der Waals surface area contributed by atoms with Crippen molar-refractivity contribution in [1.82, 2.24) is 9.97 Å². The Morgan fingerprint density at radius 2 is 2.40 bits per heavy atom. The van der Waals surface area contributed by atoms with Crippen molar-refractivity contribution in [2.75, 3.05) is 7.05 Å². The van der Waals surface area contributed by atoms with E-state index in [0.717, 1.165) is 41.4 Å². The predicted molar refractivity (Wildman–Crippen MR) is 101 cm³/mol. The summed E-state index contributed by atoms with van der Waals surface area (Å²) in [6.45, 7) is 0. The molecule has 1 atom stereocenters. The third kappa shape index (κ3) is 3.46.